The van der Waals surface area contributed by atoms with E-state index in [0.29, 0.717) is 17.3 Å². The fourth-order valence-electron chi connectivity index (χ4n) is 2.27. The van der Waals surface area contributed by atoms with Crippen LogP contribution in [0.5, 0.6) is 0 Å². The van der Waals surface area contributed by atoms with Crippen LogP contribution in [0.25, 0.3) is 0 Å². The Labute approximate surface area is 122 Å². The average molecular weight is 297 g/mol. The highest BCUT2D eigenvalue weighted by Crippen LogP contribution is 2.18. The number of carbonyl (C=O) groups excluding carboxylic acids is 2. The molecule has 5 nitrogen and oxygen atoms in total. The highest BCUT2D eigenvalue weighted by Gasteiger charge is 2.29. The summed E-state index contributed by atoms with van der Waals surface area (Å²) in [6.45, 7) is 1.57. The largest absolute Gasteiger partial charge is 0.469 e. The Balaban J connectivity index is 1.81. The molecule has 1 aliphatic rings. The summed E-state index contributed by atoms with van der Waals surface area (Å²) in [6, 6.07) is 6.95. The van der Waals surface area contributed by atoms with Crippen molar-refractivity contribution in [3.05, 3.63) is 29.3 Å². The number of nitrogens with zero attached hydrogens (tertiary/aromatic N) is 1. The van der Waals surface area contributed by atoms with Crippen molar-refractivity contribution in [2.75, 3.05) is 32.1 Å². The lowest BCUT2D eigenvalue weighted by molar-refractivity contribution is -0.145. The monoisotopic (exact) mass is 296 g/mol. The number of methoxy groups -OCH3 is 1. The van der Waals surface area contributed by atoms with Crippen molar-refractivity contribution < 1.29 is 14.3 Å². The number of amides is 1. The lowest BCUT2D eigenvalue weighted by Crippen LogP contribution is -2.32. The number of anilines is 1. The van der Waals surface area contributed by atoms with Crippen LogP contribution in [0.15, 0.2) is 24.3 Å². The minimum atomic E-state index is -0.203. The minimum Gasteiger partial charge on any atom is -0.469 e. The second kappa shape index (κ2) is 6.72. The maximum Gasteiger partial charge on any atom is 0.310 e. The average Bonchev–Trinajstić information content (AvgIpc) is 2.89. The molecule has 0 spiro atoms. The van der Waals surface area contributed by atoms with E-state index in [4.69, 9.17) is 16.3 Å². The van der Waals surface area contributed by atoms with Crippen LogP contribution in [0, 0.1) is 5.92 Å². The van der Waals surface area contributed by atoms with E-state index in [2.05, 4.69) is 5.32 Å². The van der Waals surface area contributed by atoms with Gasteiger partial charge in [-0.3, -0.25) is 14.5 Å². The summed E-state index contributed by atoms with van der Waals surface area (Å²) in [4.78, 5) is 25.3. The number of hydrogen-bond donors (Lipinski definition) is 1. The molecule has 108 valence electrons. The van der Waals surface area contributed by atoms with Crippen LogP contribution < -0.4 is 5.32 Å². The molecule has 1 heterocycles. The van der Waals surface area contributed by atoms with Gasteiger partial charge in [-0.1, -0.05) is 11.6 Å². The van der Waals surface area contributed by atoms with E-state index in [9.17, 15) is 9.59 Å². The number of nitrogens with one attached hydrogen (secondary N) is 1. The number of carbonyl (C=O) groups is 2. The number of esters is 1. The topological polar surface area (TPSA) is 58.6 Å². The van der Waals surface area contributed by atoms with Crippen molar-refractivity contribution in [2.24, 2.45) is 5.92 Å². The maximum atomic E-state index is 11.9. The van der Waals surface area contributed by atoms with Gasteiger partial charge in [-0.2, -0.15) is 0 Å². The lowest BCUT2D eigenvalue weighted by Gasteiger charge is -2.15. The molecule has 20 heavy (non-hydrogen) atoms. The molecule has 0 aliphatic carbocycles. The molecule has 1 aromatic rings. The van der Waals surface area contributed by atoms with Gasteiger partial charge < -0.3 is 10.1 Å². The number of ether oxygens (including phenoxy) is 1. The zero-order chi connectivity index (χ0) is 14.5. The Bertz CT molecular complexity index is 490. The normalized spacial score (nSPS) is 18.8. The second-order valence-electron chi connectivity index (χ2n) is 4.80. The number of likely N-dealkylation sites (tertiary alicyclic amines) is 1. The molecule has 6 heteroatoms. The smallest absolute Gasteiger partial charge is 0.310 e. The molecule has 1 N–H and O–H groups in total. The van der Waals surface area contributed by atoms with Crippen LogP contribution in [0.1, 0.15) is 6.42 Å². The van der Waals surface area contributed by atoms with Gasteiger partial charge in [-0.05, 0) is 37.2 Å². The van der Waals surface area contributed by atoms with Crippen LogP contribution >= 0.6 is 11.6 Å². The third kappa shape index (κ3) is 3.95. The molecule has 1 unspecified atom stereocenters. The Hall–Kier alpha value is -1.59. The lowest BCUT2D eigenvalue weighted by atomic mass is 10.1. The summed E-state index contributed by atoms with van der Waals surface area (Å²) < 4.78 is 4.72. The van der Waals surface area contributed by atoms with Gasteiger partial charge in [0.2, 0.25) is 5.91 Å². The van der Waals surface area contributed by atoms with Crippen molar-refractivity contribution in [1.82, 2.24) is 4.90 Å². The quantitative estimate of drug-likeness (QED) is 0.861. The Morgan fingerprint density at radius 2 is 2.10 bits per heavy atom. The van der Waals surface area contributed by atoms with Gasteiger partial charge in [0.1, 0.15) is 0 Å². The molecular weight excluding hydrogens is 280 g/mol. The first-order valence-electron chi connectivity index (χ1n) is 6.44. The highest BCUT2D eigenvalue weighted by atomic mass is 35.5. The predicted molar refractivity (Wildman–Crippen MR) is 76.6 cm³/mol. The Morgan fingerprint density at radius 3 is 2.75 bits per heavy atom. The van der Waals surface area contributed by atoms with Gasteiger partial charge in [0.25, 0.3) is 0 Å². The summed E-state index contributed by atoms with van der Waals surface area (Å²) in [5.74, 6) is -0.424. The third-order valence-corrected chi connectivity index (χ3v) is 3.55. The van der Waals surface area contributed by atoms with Gasteiger partial charge in [-0.15, -0.1) is 0 Å². The van der Waals surface area contributed by atoms with E-state index in [1.165, 1.54) is 7.11 Å². The molecule has 2 rings (SSSR count). The summed E-state index contributed by atoms with van der Waals surface area (Å²) in [5, 5.41) is 3.43. The Morgan fingerprint density at radius 1 is 1.40 bits per heavy atom. The molecule has 0 bridgehead atoms. The van der Waals surface area contributed by atoms with Crippen molar-refractivity contribution in [3.8, 4) is 0 Å². The number of benzene rings is 1. The fraction of sp³-hybridized carbons (Fsp3) is 0.429. The van der Waals surface area contributed by atoms with E-state index in [0.717, 1.165) is 13.0 Å². The molecule has 1 amide bonds. The summed E-state index contributed by atoms with van der Waals surface area (Å²) in [7, 11) is 1.39. The van der Waals surface area contributed by atoms with E-state index in [1.54, 1.807) is 24.3 Å². The van der Waals surface area contributed by atoms with Crippen molar-refractivity contribution in [3.63, 3.8) is 0 Å². The van der Waals surface area contributed by atoms with Crippen LogP contribution in [0.2, 0.25) is 5.02 Å². The van der Waals surface area contributed by atoms with Crippen molar-refractivity contribution >= 4 is 29.2 Å². The van der Waals surface area contributed by atoms with Gasteiger partial charge in [-0.25, -0.2) is 0 Å². The molecule has 0 saturated carbocycles. The van der Waals surface area contributed by atoms with E-state index >= 15 is 0 Å². The maximum absolute atomic E-state index is 11.9. The number of halogens is 1. The van der Waals surface area contributed by atoms with Crippen molar-refractivity contribution in [2.45, 2.75) is 6.42 Å². The molecule has 1 atom stereocenters. The fourth-order valence-corrected chi connectivity index (χ4v) is 2.40. The molecule has 0 aromatic heterocycles. The van der Waals surface area contributed by atoms with E-state index < -0.39 is 0 Å². The second-order valence-corrected chi connectivity index (χ2v) is 5.24. The first-order valence-corrected chi connectivity index (χ1v) is 6.82. The summed E-state index contributed by atoms with van der Waals surface area (Å²) >= 11 is 5.78. The molecule has 1 aromatic carbocycles. The van der Waals surface area contributed by atoms with Crippen LogP contribution in [0.3, 0.4) is 0 Å². The zero-order valence-electron chi connectivity index (χ0n) is 11.3. The molecule has 1 saturated heterocycles. The number of hydrogen-bond acceptors (Lipinski definition) is 4. The van der Waals surface area contributed by atoms with Gasteiger partial charge in [0, 0.05) is 17.3 Å². The first kappa shape index (κ1) is 14.8. The van der Waals surface area contributed by atoms with Crippen LogP contribution in [-0.2, 0) is 14.3 Å². The van der Waals surface area contributed by atoms with Gasteiger partial charge in [0.15, 0.2) is 0 Å². The highest BCUT2D eigenvalue weighted by molar-refractivity contribution is 6.30. The van der Waals surface area contributed by atoms with Gasteiger partial charge >= 0.3 is 5.97 Å². The predicted octanol–water partition coefficient (Wildman–Crippen LogP) is 1.77. The van der Waals surface area contributed by atoms with E-state index in [-0.39, 0.29) is 24.3 Å². The minimum absolute atomic E-state index is 0.0992. The van der Waals surface area contributed by atoms with Crippen molar-refractivity contribution in [1.29, 1.82) is 0 Å². The molecular formula is C14H17ClN2O3. The third-order valence-electron chi connectivity index (χ3n) is 3.30. The zero-order valence-corrected chi connectivity index (χ0v) is 12.0. The Kier molecular flexibility index (Phi) is 4.98. The molecule has 1 fully saturated rings. The molecule has 0 radical (unpaired) electrons. The van der Waals surface area contributed by atoms with Crippen LogP contribution in [0.4, 0.5) is 5.69 Å². The standard InChI is InChI=1S/C14H17ClN2O3/c1-20-14(19)10-6-7-17(8-10)9-13(18)16-12-4-2-11(15)3-5-12/h2-5,10H,6-9H2,1H3,(H,16,18). The SMILES string of the molecule is COC(=O)C1CCN(CC(=O)Nc2ccc(Cl)cc2)C1. The van der Waals surface area contributed by atoms with E-state index in [1.807, 2.05) is 4.90 Å². The van der Waals surface area contributed by atoms with Gasteiger partial charge in [0.05, 0.1) is 19.6 Å². The first-order chi connectivity index (χ1) is 9.58. The van der Waals surface area contributed by atoms with Crippen LogP contribution in [-0.4, -0.2) is 43.5 Å². The summed E-state index contributed by atoms with van der Waals surface area (Å²) in [5.41, 5.74) is 0.711. The summed E-state index contributed by atoms with van der Waals surface area (Å²) in [6.07, 6.45) is 0.737. The molecule has 1 aliphatic heterocycles. The number of rotatable bonds is 4.